The minimum Gasteiger partial charge on any atom is -0.396 e. The van der Waals surface area contributed by atoms with Gasteiger partial charge in [-0.25, -0.2) is 17.5 Å². The predicted octanol–water partition coefficient (Wildman–Crippen LogP) is 3.07. The maximum Gasteiger partial charge on any atom is 0.389 e. The molecular formula is C11H13ClF4N2O2S. The Hall–Kier alpha value is -1.06. The number of sulfonamides is 1. The topological polar surface area (TPSA) is 72.2 Å². The first kappa shape index (κ1) is 18.0. The van der Waals surface area contributed by atoms with Crippen LogP contribution in [0.4, 0.5) is 23.2 Å². The van der Waals surface area contributed by atoms with Gasteiger partial charge in [0.15, 0.2) is 0 Å². The van der Waals surface area contributed by atoms with Gasteiger partial charge in [0.1, 0.15) is 10.7 Å². The lowest BCUT2D eigenvalue weighted by atomic mass is 10.2. The number of hydrogen-bond acceptors (Lipinski definition) is 3. The molecule has 0 fully saturated rings. The van der Waals surface area contributed by atoms with Crippen LogP contribution in [0, 0.1) is 5.82 Å². The number of alkyl halides is 3. The van der Waals surface area contributed by atoms with E-state index < -0.39 is 39.0 Å². The summed E-state index contributed by atoms with van der Waals surface area (Å²) in [5.41, 5.74) is 4.87. The second-order valence-electron chi connectivity index (χ2n) is 4.27. The lowest BCUT2D eigenvalue weighted by molar-refractivity contribution is -0.135. The average Bonchev–Trinajstić information content (AvgIpc) is 2.31. The van der Waals surface area contributed by atoms with E-state index in [0.717, 1.165) is 12.1 Å². The average molecular weight is 349 g/mol. The molecule has 0 aromatic heterocycles. The van der Waals surface area contributed by atoms with Crippen LogP contribution in [0.5, 0.6) is 0 Å². The highest BCUT2D eigenvalue weighted by molar-refractivity contribution is 7.89. The van der Waals surface area contributed by atoms with Crippen molar-refractivity contribution >= 4 is 27.3 Å². The Morgan fingerprint density at radius 3 is 2.43 bits per heavy atom. The van der Waals surface area contributed by atoms with Crippen LogP contribution in [0.25, 0.3) is 0 Å². The first-order valence-electron chi connectivity index (χ1n) is 5.84. The number of hydrogen-bond donors (Lipinski definition) is 2. The zero-order valence-electron chi connectivity index (χ0n) is 10.7. The molecule has 0 spiro atoms. The summed E-state index contributed by atoms with van der Waals surface area (Å²) in [6.07, 6.45) is -5.45. The van der Waals surface area contributed by atoms with E-state index in [9.17, 15) is 26.0 Å². The maximum absolute atomic E-state index is 13.1. The first-order chi connectivity index (χ1) is 9.53. The molecule has 0 saturated carbocycles. The van der Waals surface area contributed by atoms with E-state index in [4.69, 9.17) is 17.3 Å². The van der Waals surface area contributed by atoms with Gasteiger partial charge in [0.2, 0.25) is 10.0 Å². The second kappa shape index (κ2) is 6.80. The van der Waals surface area contributed by atoms with Crippen LogP contribution in [0.3, 0.4) is 0 Å². The van der Waals surface area contributed by atoms with Crippen LogP contribution in [-0.2, 0) is 10.0 Å². The fourth-order valence-corrected chi connectivity index (χ4v) is 3.11. The van der Waals surface area contributed by atoms with Crippen molar-refractivity contribution in [3.05, 3.63) is 23.0 Å². The summed E-state index contributed by atoms with van der Waals surface area (Å²) in [4.78, 5) is -0.418. The number of anilines is 1. The highest BCUT2D eigenvalue weighted by Gasteiger charge is 2.26. The molecule has 0 bridgehead atoms. The molecule has 0 saturated heterocycles. The van der Waals surface area contributed by atoms with Crippen LogP contribution in [0.15, 0.2) is 17.0 Å². The molecule has 10 heteroatoms. The largest absolute Gasteiger partial charge is 0.396 e. The number of unbranched alkanes of at least 4 members (excludes halogenated alkanes) is 1. The standard InChI is InChI=1S/C11H13ClF4N2O2S/c12-7-5-8(13)9(17)6-10(7)21(19,20)18-4-2-1-3-11(14,15)16/h5-6,18H,1-4,17H2. The highest BCUT2D eigenvalue weighted by Crippen LogP contribution is 2.26. The zero-order chi connectivity index (χ0) is 16.3. The first-order valence-corrected chi connectivity index (χ1v) is 7.70. The Balaban J connectivity index is 2.64. The van der Waals surface area contributed by atoms with Gasteiger partial charge in [-0.2, -0.15) is 13.2 Å². The molecule has 0 amide bonds. The zero-order valence-corrected chi connectivity index (χ0v) is 12.2. The summed E-state index contributed by atoms with van der Waals surface area (Å²) >= 11 is 5.62. The van der Waals surface area contributed by atoms with Gasteiger partial charge in [0.25, 0.3) is 0 Å². The fourth-order valence-electron chi connectivity index (χ4n) is 1.49. The van der Waals surface area contributed by atoms with Crippen LogP contribution in [-0.4, -0.2) is 21.1 Å². The Morgan fingerprint density at radius 2 is 1.86 bits per heavy atom. The van der Waals surface area contributed by atoms with Gasteiger partial charge >= 0.3 is 6.18 Å². The number of nitrogens with one attached hydrogen (secondary N) is 1. The van der Waals surface area contributed by atoms with Crippen molar-refractivity contribution in [3.8, 4) is 0 Å². The molecule has 1 aromatic rings. The quantitative estimate of drug-likeness (QED) is 0.471. The number of halogens is 5. The third kappa shape index (κ3) is 5.68. The van der Waals surface area contributed by atoms with E-state index in [1.807, 2.05) is 0 Å². The molecule has 3 N–H and O–H groups in total. The molecule has 0 atom stereocenters. The molecule has 1 rings (SSSR count). The summed E-state index contributed by atoms with van der Waals surface area (Å²) in [5.74, 6) is -0.857. The smallest absolute Gasteiger partial charge is 0.389 e. The van der Waals surface area contributed by atoms with Gasteiger partial charge in [-0.1, -0.05) is 11.6 Å². The fraction of sp³-hybridized carbons (Fsp3) is 0.455. The Labute approximate surface area is 124 Å². The van der Waals surface area contributed by atoms with E-state index in [-0.39, 0.29) is 24.4 Å². The molecule has 0 aliphatic carbocycles. The summed E-state index contributed by atoms with van der Waals surface area (Å²) < 4.78 is 74.7. The monoisotopic (exact) mass is 348 g/mol. The van der Waals surface area contributed by atoms with E-state index in [1.165, 1.54) is 0 Å². The third-order valence-corrected chi connectivity index (χ3v) is 4.45. The molecule has 0 aliphatic heterocycles. The SMILES string of the molecule is Nc1cc(S(=O)(=O)NCCCCC(F)(F)F)c(Cl)cc1F. The van der Waals surface area contributed by atoms with Crippen LogP contribution < -0.4 is 10.5 Å². The molecular weight excluding hydrogens is 336 g/mol. The van der Waals surface area contributed by atoms with Gasteiger partial charge in [-0.15, -0.1) is 0 Å². The van der Waals surface area contributed by atoms with Crippen molar-refractivity contribution in [2.24, 2.45) is 0 Å². The molecule has 0 heterocycles. The third-order valence-electron chi connectivity index (χ3n) is 2.52. The van der Waals surface area contributed by atoms with Crippen molar-refractivity contribution in [2.75, 3.05) is 12.3 Å². The Morgan fingerprint density at radius 1 is 1.24 bits per heavy atom. The lowest BCUT2D eigenvalue weighted by Crippen LogP contribution is -2.25. The van der Waals surface area contributed by atoms with E-state index in [1.54, 1.807) is 0 Å². The Kier molecular flexibility index (Phi) is 5.83. The molecule has 120 valence electrons. The van der Waals surface area contributed by atoms with Crippen molar-refractivity contribution in [1.82, 2.24) is 4.72 Å². The molecule has 4 nitrogen and oxygen atoms in total. The number of nitrogen functional groups attached to an aromatic ring is 1. The van der Waals surface area contributed by atoms with Crippen LogP contribution in [0.1, 0.15) is 19.3 Å². The van der Waals surface area contributed by atoms with Crippen LogP contribution in [0.2, 0.25) is 5.02 Å². The van der Waals surface area contributed by atoms with Gasteiger partial charge in [-0.05, 0) is 25.0 Å². The minimum atomic E-state index is -4.27. The maximum atomic E-state index is 13.1. The number of benzene rings is 1. The number of rotatable bonds is 6. The van der Waals surface area contributed by atoms with Gasteiger partial charge in [0.05, 0.1) is 10.7 Å². The van der Waals surface area contributed by atoms with E-state index >= 15 is 0 Å². The van der Waals surface area contributed by atoms with Crippen molar-refractivity contribution in [2.45, 2.75) is 30.3 Å². The molecule has 0 aliphatic rings. The van der Waals surface area contributed by atoms with Crippen molar-refractivity contribution in [3.63, 3.8) is 0 Å². The Bertz CT molecular complexity index is 605. The second-order valence-corrected chi connectivity index (χ2v) is 6.42. The summed E-state index contributed by atoms with van der Waals surface area (Å²) in [6, 6.07) is 1.62. The van der Waals surface area contributed by atoms with E-state index in [2.05, 4.69) is 4.72 Å². The lowest BCUT2D eigenvalue weighted by Gasteiger charge is -2.10. The van der Waals surface area contributed by atoms with Crippen molar-refractivity contribution in [1.29, 1.82) is 0 Å². The molecule has 1 aromatic carbocycles. The summed E-state index contributed by atoms with van der Waals surface area (Å²) in [7, 11) is -4.06. The summed E-state index contributed by atoms with van der Waals surface area (Å²) in [5, 5.41) is -0.357. The minimum absolute atomic E-state index is 0.00698. The van der Waals surface area contributed by atoms with Gasteiger partial charge in [0, 0.05) is 13.0 Å². The van der Waals surface area contributed by atoms with Gasteiger partial charge in [-0.3, -0.25) is 0 Å². The number of nitrogens with two attached hydrogens (primary N) is 1. The normalized spacial score (nSPS) is 12.6. The highest BCUT2D eigenvalue weighted by atomic mass is 35.5. The molecule has 21 heavy (non-hydrogen) atoms. The van der Waals surface area contributed by atoms with Gasteiger partial charge < -0.3 is 5.73 Å². The molecule has 0 unspecified atom stereocenters. The molecule has 0 radical (unpaired) electrons. The summed E-state index contributed by atoms with van der Waals surface area (Å²) in [6.45, 7) is -0.188. The van der Waals surface area contributed by atoms with Crippen molar-refractivity contribution < 1.29 is 26.0 Å². The predicted molar refractivity (Wildman–Crippen MR) is 70.9 cm³/mol. The van der Waals surface area contributed by atoms with E-state index in [0.29, 0.717) is 0 Å². The van der Waals surface area contributed by atoms with Crippen LogP contribution >= 0.6 is 11.6 Å².